The van der Waals surface area contributed by atoms with E-state index in [0.29, 0.717) is 0 Å². The lowest BCUT2D eigenvalue weighted by atomic mass is 10.5. The van der Waals surface area contributed by atoms with Crippen molar-refractivity contribution in [2.75, 3.05) is 0 Å². The van der Waals surface area contributed by atoms with E-state index in [1.165, 1.54) is 0 Å². The fourth-order valence-electron chi connectivity index (χ4n) is 0.164. The number of aliphatic hydroxyl groups is 1. The Hall–Kier alpha value is 0.410. The van der Waals surface area contributed by atoms with Crippen LogP contribution in [-0.4, -0.2) is 10.5 Å². The molecule has 4 heteroatoms. The van der Waals surface area contributed by atoms with Crippen molar-refractivity contribution in [1.82, 2.24) is 0 Å². The van der Waals surface area contributed by atoms with Crippen LogP contribution in [0.1, 0.15) is 6.92 Å². The number of rotatable bonds is 1. The molecule has 0 saturated heterocycles. The summed E-state index contributed by atoms with van der Waals surface area (Å²) in [6, 6.07) is 0. The Morgan fingerprint density at radius 2 is 1.88 bits per heavy atom. The van der Waals surface area contributed by atoms with Gasteiger partial charge in [0.05, 0.1) is 10.4 Å². The van der Waals surface area contributed by atoms with Gasteiger partial charge in [-0.05, 0) is 18.5 Å². The average Bonchev–Trinajstić information content (AvgIpc) is 1.64. The molecule has 0 aliphatic heterocycles. The molecule has 1 nitrogen and oxygen atoms in total. The monoisotopic (exact) mass is 174 g/mol. The first-order valence-corrected chi connectivity index (χ1v) is 3.13. The molecule has 0 saturated carbocycles. The molecule has 48 valence electrons. The molecule has 1 N–H and O–H groups in total. The second kappa shape index (κ2) is 3.44. The highest BCUT2D eigenvalue weighted by molar-refractivity contribution is 6.42. The Labute approximate surface area is 62.8 Å². The maximum Gasteiger partial charge on any atom is 0.200 e. The first-order chi connectivity index (χ1) is 3.55. The summed E-state index contributed by atoms with van der Waals surface area (Å²) in [7, 11) is 0. The van der Waals surface area contributed by atoms with E-state index in [1.54, 1.807) is 6.92 Å². The van der Waals surface area contributed by atoms with Crippen molar-refractivity contribution < 1.29 is 5.11 Å². The molecule has 0 aliphatic rings. The minimum atomic E-state index is -0.436. The molecule has 0 rings (SSSR count). The van der Waals surface area contributed by atoms with Crippen molar-refractivity contribution in [3.8, 4) is 0 Å². The van der Waals surface area contributed by atoms with E-state index in [4.69, 9.17) is 39.9 Å². The molecule has 0 spiro atoms. The van der Waals surface area contributed by atoms with E-state index in [-0.39, 0.29) is 5.03 Å². The first-order valence-electron chi connectivity index (χ1n) is 1.94. The fourth-order valence-corrected chi connectivity index (χ4v) is 0.487. The van der Waals surface area contributed by atoms with Crippen LogP contribution in [0.3, 0.4) is 0 Å². The lowest BCUT2D eigenvalue weighted by Crippen LogP contribution is -1.91. The zero-order valence-electron chi connectivity index (χ0n) is 4.16. The van der Waals surface area contributed by atoms with Crippen LogP contribution in [0.5, 0.6) is 0 Å². The van der Waals surface area contributed by atoms with Crippen LogP contribution < -0.4 is 0 Å². The van der Waals surface area contributed by atoms with Gasteiger partial charge in [-0.15, -0.1) is 11.6 Å². The van der Waals surface area contributed by atoms with Crippen molar-refractivity contribution in [2.24, 2.45) is 0 Å². The van der Waals surface area contributed by atoms with Gasteiger partial charge in [-0.25, -0.2) is 0 Å². The molecule has 0 radical (unpaired) electrons. The van der Waals surface area contributed by atoms with E-state index < -0.39 is 10.6 Å². The largest absolute Gasteiger partial charge is 0.498 e. The van der Waals surface area contributed by atoms with Crippen LogP contribution in [0.15, 0.2) is 10.3 Å². The lowest BCUT2D eigenvalue weighted by Gasteiger charge is -1.97. The number of hydrogen-bond acceptors (Lipinski definition) is 1. The summed E-state index contributed by atoms with van der Waals surface area (Å²) in [6.07, 6.45) is 0. The van der Waals surface area contributed by atoms with Gasteiger partial charge < -0.3 is 5.11 Å². The molecule has 0 heterocycles. The van der Waals surface area contributed by atoms with E-state index in [9.17, 15) is 0 Å². The van der Waals surface area contributed by atoms with E-state index in [0.717, 1.165) is 0 Å². The Kier molecular flexibility index (Phi) is 3.61. The molecule has 0 fully saturated rings. The number of halogens is 3. The lowest BCUT2D eigenvalue weighted by molar-refractivity contribution is 0.448. The third-order valence-corrected chi connectivity index (χ3v) is 1.68. The normalized spacial score (nSPS) is 17.5. The molecule has 1 unspecified atom stereocenters. The maximum atomic E-state index is 8.42. The standard InChI is InChI=1S/C4H5Cl3O/c1-2(5)3(6)4(7)8/h2,8H,1H3. The third kappa shape index (κ3) is 2.65. The molecule has 0 bridgehead atoms. The number of alkyl halides is 1. The SMILES string of the molecule is CC(Cl)C(Cl)=C(O)Cl. The molecule has 0 aromatic heterocycles. The molecule has 1 atom stereocenters. The maximum absolute atomic E-state index is 8.42. The topological polar surface area (TPSA) is 20.2 Å². The molecule has 0 aliphatic carbocycles. The molecular formula is C4H5Cl3O. The van der Waals surface area contributed by atoms with Gasteiger partial charge in [0.2, 0.25) is 5.22 Å². The molecule has 8 heavy (non-hydrogen) atoms. The molecular weight excluding hydrogens is 170 g/mol. The van der Waals surface area contributed by atoms with Crippen LogP contribution in [0.25, 0.3) is 0 Å². The minimum Gasteiger partial charge on any atom is -0.498 e. The van der Waals surface area contributed by atoms with E-state index in [2.05, 4.69) is 0 Å². The summed E-state index contributed by atoms with van der Waals surface area (Å²) in [5.41, 5.74) is 0. The van der Waals surface area contributed by atoms with Crippen LogP contribution in [0.4, 0.5) is 0 Å². The van der Waals surface area contributed by atoms with Crippen molar-refractivity contribution in [1.29, 1.82) is 0 Å². The Morgan fingerprint density at radius 1 is 1.50 bits per heavy atom. The third-order valence-electron chi connectivity index (χ3n) is 0.546. The summed E-state index contributed by atoms with van der Waals surface area (Å²) in [5, 5.41) is 7.64. The quantitative estimate of drug-likeness (QED) is 0.480. The van der Waals surface area contributed by atoms with Gasteiger partial charge in [0.15, 0.2) is 0 Å². The first kappa shape index (κ1) is 8.41. The van der Waals surface area contributed by atoms with Gasteiger partial charge >= 0.3 is 0 Å². The molecule has 0 amide bonds. The predicted octanol–water partition coefficient (Wildman–Crippen LogP) is 2.82. The second-order valence-electron chi connectivity index (χ2n) is 1.25. The van der Waals surface area contributed by atoms with E-state index >= 15 is 0 Å². The summed E-state index contributed by atoms with van der Waals surface area (Å²) >= 11 is 15.7. The molecule has 0 aromatic carbocycles. The summed E-state index contributed by atoms with van der Waals surface area (Å²) in [6.45, 7) is 1.61. The van der Waals surface area contributed by atoms with Gasteiger partial charge in [-0.1, -0.05) is 11.6 Å². The van der Waals surface area contributed by atoms with Gasteiger partial charge in [0.25, 0.3) is 0 Å². The summed E-state index contributed by atoms with van der Waals surface area (Å²) in [4.78, 5) is 0. The zero-order valence-corrected chi connectivity index (χ0v) is 6.43. The predicted molar refractivity (Wildman–Crippen MR) is 36.7 cm³/mol. The smallest absolute Gasteiger partial charge is 0.200 e. The fraction of sp³-hybridized carbons (Fsp3) is 0.500. The highest BCUT2D eigenvalue weighted by Gasteiger charge is 2.05. The summed E-state index contributed by atoms with van der Waals surface area (Å²) < 4.78 is 0. The van der Waals surface area contributed by atoms with Crippen LogP contribution in [-0.2, 0) is 0 Å². The number of allylic oxidation sites excluding steroid dienone is 1. The minimum absolute atomic E-state index is 0.0772. The van der Waals surface area contributed by atoms with Crippen molar-refractivity contribution in [3.63, 3.8) is 0 Å². The van der Waals surface area contributed by atoms with Crippen LogP contribution >= 0.6 is 34.8 Å². The van der Waals surface area contributed by atoms with Crippen LogP contribution in [0.2, 0.25) is 0 Å². The van der Waals surface area contributed by atoms with Crippen molar-refractivity contribution >= 4 is 34.8 Å². The van der Waals surface area contributed by atoms with Crippen molar-refractivity contribution in [2.45, 2.75) is 12.3 Å². The molecule has 0 aromatic rings. The number of aliphatic hydroxyl groups excluding tert-OH is 1. The van der Waals surface area contributed by atoms with E-state index in [1.807, 2.05) is 0 Å². The zero-order chi connectivity index (χ0) is 6.73. The Morgan fingerprint density at radius 3 is 1.88 bits per heavy atom. The van der Waals surface area contributed by atoms with Gasteiger partial charge in [-0.3, -0.25) is 0 Å². The average molecular weight is 175 g/mol. The van der Waals surface area contributed by atoms with Gasteiger partial charge in [-0.2, -0.15) is 0 Å². The second-order valence-corrected chi connectivity index (χ2v) is 2.67. The highest BCUT2D eigenvalue weighted by Crippen LogP contribution is 2.18. The van der Waals surface area contributed by atoms with Gasteiger partial charge in [0.1, 0.15) is 0 Å². The highest BCUT2D eigenvalue weighted by atomic mass is 35.5. The summed E-state index contributed by atoms with van der Waals surface area (Å²) in [5.74, 6) is 0. The van der Waals surface area contributed by atoms with Crippen molar-refractivity contribution in [3.05, 3.63) is 10.3 Å². The number of hydrogen-bond donors (Lipinski definition) is 1. The Bertz CT molecular complexity index is 104. The van der Waals surface area contributed by atoms with Crippen LogP contribution in [0, 0.1) is 0 Å². The van der Waals surface area contributed by atoms with Gasteiger partial charge in [0, 0.05) is 0 Å². The Balaban J connectivity index is 4.00.